The normalized spacial score (nSPS) is 15.2. The molecule has 0 radical (unpaired) electrons. The van der Waals surface area contributed by atoms with E-state index in [4.69, 9.17) is 10.3 Å². The van der Waals surface area contributed by atoms with Gasteiger partial charge in [0, 0.05) is 31.3 Å². The van der Waals surface area contributed by atoms with Crippen molar-refractivity contribution in [3.05, 3.63) is 11.7 Å². The van der Waals surface area contributed by atoms with Gasteiger partial charge in [-0.15, -0.1) is 12.4 Å². The summed E-state index contributed by atoms with van der Waals surface area (Å²) in [4.78, 5) is 16.2. The Morgan fingerprint density at radius 3 is 2.86 bits per heavy atom. The van der Waals surface area contributed by atoms with Crippen LogP contribution in [0.5, 0.6) is 0 Å². The molecule has 1 amide bonds. The predicted octanol–water partition coefficient (Wildman–Crippen LogP) is 2.33. The average molecular weight is 331 g/mol. The van der Waals surface area contributed by atoms with Gasteiger partial charge in [-0.3, -0.25) is 4.79 Å². The van der Waals surface area contributed by atoms with Gasteiger partial charge in [0.25, 0.3) is 0 Å². The van der Waals surface area contributed by atoms with E-state index in [0.29, 0.717) is 31.2 Å². The van der Waals surface area contributed by atoms with Crippen LogP contribution in [0, 0.1) is 0 Å². The van der Waals surface area contributed by atoms with E-state index in [0.717, 1.165) is 31.5 Å². The summed E-state index contributed by atoms with van der Waals surface area (Å²) >= 11 is 0. The van der Waals surface area contributed by atoms with Crippen LogP contribution in [0.4, 0.5) is 0 Å². The molecule has 1 fully saturated rings. The van der Waals surface area contributed by atoms with Crippen molar-refractivity contribution in [2.24, 2.45) is 5.73 Å². The van der Waals surface area contributed by atoms with Crippen LogP contribution in [0.2, 0.25) is 0 Å². The largest absolute Gasteiger partial charge is 0.352 e. The number of nitrogens with zero attached hydrogens (tertiary/aromatic N) is 2. The molecule has 22 heavy (non-hydrogen) atoms. The highest BCUT2D eigenvalue weighted by atomic mass is 35.5. The van der Waals surface area contributed by atoms with Crippen molar-refractivity contribution >= 4 is 18.3 Å². The number of amides is 1. The Kier molecular flexibility index (Phi) is 8.42. The van der Waals surface area contributed by atoms with Crippen molar-refractivity contribution in [2.45, 2.75) is 70.3 Å². The van der Waals surface area contributed by atoms with Crippen molar-refractivity contribution < 1.29 is 9.32 Å². The highest BCUT2D eigenvalue weighted by molar-refractivity contribution is 5.85. The number of hydrogen-bond donors (Lipinski definition) is 2. The Morgan fingerprint density at radius 1 is 1.45 bits per heavy atom. The fourth-order valence-electron chi connectivity index (χ4n) is 2.28. The fourth-order valence-corrected chi connectivity index (χ4v) is 2.28. The molecule has 3 N–H and O–H groups in total. The molecule has 126 valence electrons. The molecule has 0 aromatic carbocycles. The van der Waals surface area contributed by atoms with E-state index in [1.54, 1.807) is 0 Å². The summed E-state index contributed by atoms with van der Waals surface area (Å²) in [5.41, 5.74) is 5.67. The van der Waals surface area contributed by atoms with E-state index in [2.05, 4.69) is 22.4 Å². The molecule has 1 saturated carbocycles. The van der Waals surface area contributed by atoms with Gasteiger partial charge in [-0.2, -0.15) is 4.98 Å². The smallest absolute Gasteiger partial charge is 0.226 e. The van der Waals surface area contributed by atoms with E-state index in [1.165, 1.54) is 12.8 Å². The van der Waals surface area contributed by atoms with Gasteiger partial charge < -0.3 is 15.6 Å². The zero-order valence-electron chi connectivity index (χ0n) is 13.2. The molecule has 1 unspecified atom stereocenters. The van der Waals surface area contributed by atoms with Crippen molar-refractivity contribution in [2.75, 3.05) is 6.54 Å². The average Bonchev–Trinajstić information content (AvgIpc) is 3.23. The SMILES string of the molecule is CCCCC(CN)NC(=O)CCCc1nc(C2CC2)no1.Cl. The number of unbranched alkanes of at least 4 members (excludes halogenated alkanes) is 1. The Labute approximate surface area is 138 Å². The fraction of sp³-hybridized carbons (Fsp3) is 0.800. The van der Waals surface area contributed by atoms with E-state index in [-0.39, 0.29) is 24.4 Å². The molecule has 0 saturated heterocycles. The number of hydrogen-bond acceptors (Lipinski definition) is 5. The van der Waals surface area contributed by atoms with Crippen molar-refractivity contribution in [1.29, 1.82) is 0 Å². The third-order valence-corrected chi connectivity index (χ3v) is 3.78. The van der Waals surface area contributed by atoms with Gasteiger partial charge in [0.2, 0.25) is 11.8 Å². The number of carbonyl (C=O) groups excluding carboxylic acids is 1. The number of nitrogens with one attached hydrogen (secondary N) is 1. The third kappa shape index (κ3) is 6.32. The van der Waals surface area contributed by atoms with E-state index < -0.39 is 0 Å². The van der Waals surface area contributed by atoms with Crippen LogP contribution in [-0.4, -0.2) is 28.6 Å². The molecule has 6 nitrogen and oxygen atoms in total. The van der Waals surface area contributed by atoms with Gasteiger partial charge in [-0.25, -0.2) is 0 Å². The van der Waals surface area contributed by atoms with Crippen LogP contribution in [0.1, 0.15) is 69.5 Å². The molecule has 2 rings (SSSR count). The first-order valence-electron chi connectivity index (χ1n) is 8.04. The lowest BCUT2D eigenvalue weighted by Gasteiger charge is -2.16. The molecule has 0 spiro atoms. The zero-order chi connectivity index (χ0) is 15.1. The van der Waals surface area contributed by atoms with Crippen LogP contribution < -0.4 is 11.1 Å². The Balaban J connectivity index is 0.00000242. The van der Waals surface area contributed by atoms with Crippen LogP contribution in [0.15, 0.2) is 4.52 Å². The summed E-state index contributed by atoms with van der Waals surface area (Å²) in [6.45, 7) is 2.63. The first-order valence-corrected chi connectivity index (χ1v) is 8.04. The molecule has 1 aromatic rings. The van der Waals surface area contributed by atoms with Crippen molar-refractivity contribution in [3.63, 3.8) is 0 Å². The second kappa shape index (κ2) is 9.79. The van der Waals surface area contributed by atoms with Crippen LogP contribution in [0.25, 0.3) is 0 Å². The minimum Gasteiger partial charge on any atom is -0.352 e. The lowest BCUT2D eigenvalue weighted by atomic mass is 10.1. The van der Waals surface area contributed by atoms with Gasteiger partial charge in [-0.1, -0.05) is 24.9 Å². The molecule has 7 heteroatoms. The van der Waals surface area contributed by atoms with Crippen LogP contribution in [-0.2, 0) is 11.2 Å². The predicted molar refractivity (Wildman–Crippen MR) is 87.0 cm³/mol. The molecule has 1 heterocycles. The quantitative estimate of drug-likeness (QED) is 0.686. The van der Waals surface area contributed by atoms with Crippen molar-refractivity contribution in [3.8, 4) is 0 Å². The summed E-state index contributed by atoms with van der Waals surface area (Å²) < 4.78 is 5.19. The first-order chi connectivity index (χ1) is 10.2. The van der Waals surface area contributed by atoms with Crippen LogP contribution >= 0.6 is 12.4 Å². The molecule has 0 aliphatic heterocycles. The van der Waals surface area contributed by atoms with E-state index in [9.17, 15) is 4.79 Å². The maximum Gasteiger partial charge on any atom is 0.226 e. The highest BCUT2D eigenvalue weighted by Crippen LogP contribution is 2.38. The highest BCUT2D eigenvalue weighted by Gasteiger charge is 2.28. The van der Waals surface area contributed by atoms with Crippen molar-refractivity contribution in [1.82, 2.24) is 15.5 Å². The maximum atomic E-state index is 11.9. The minimum atomic E-state index is 0. The topological polar surface area (TPSA) is 94.0 Å². The summed E-state index contributed by atoms with van der Waals surface area (Å²) in [6.07, 6.45) is 7.36. The Bertz CT molecular complexity index is 449. The molecule has 1 aliphatic carbocycles. The third-order valence-electron chi connectivity index (χ3n) is 3.78. The molecule has 1 aromatic heterocycles. The summed E-state index contributed by atoms with van der Waals surface area (Å²) in [7, 11) is 0. The Morgan fingerprint density at radius 2 is 2.23 bits per heavy atom. The number of rotatable bonds is 10. The summed E-state index contributed by atoms with van der Waals surface area (Å²) in [5, 5.41) is 6.96. The first kappa shape index (κ1) is 18.9. The van der Waals surface area contributed by atoms with Gasteiger partial charge in [0.15, 0.2) is 5.82 Å². The van der Waals surface area contributed by atoms with E-state index >= 15 is 0 Å². The lowest BCUT2D eigenvalue weighted by Crippen LogP contribution is -2.40. The summed E-state index contributed by atoms with van der Waals surface area (Å²) in [5.74, 6) is 2.04. The lowest BCUT2D eigenvalue weighted by molar-refractivity contribution is -0.121. The Hall–Kier alpha value is -1.14. The summed E-state index contributed by atoms with van der Waals surface area (Å²) in [6, 6.07) is 0.0994. The van der Waals surface area contributed by atoms with Crippen LogP contribution in [0.3, 0.4) is 0 Å². The van der Waals surface area contributed by atoms with Gasteiger partial charge in [-0.05, 0) is 25.7 Å². The number of halogens is 1. The number of carbonyl (C=O) groups is 1. The monoisotopic (exact) mass is 330 g/mol. The molecular weight excluding hydrogens is 304 g/mol. The molecule has 0 bridgehead atoms. The minimum absolute atomic E-state index is 0. The maximum absolute atomic E-state index is 11.9. The molecule has 1 atom stereocenters. The number of aryl methyl sites for hydroxylation is 1. The molecule has 1 aliphatic rings. The number of aromatic nitrogens is 2. The van der Waals surface area contributed by atoms with E-state index in [1.807, 2.05) is 0 Å². The van der Waals surface area contributed by atoms with Gasteiger partial charge in [0.1, 0.15) is 0 Å². The zero-order valence-corrected chi connectivity index (χ0v) is 14.0. The standard InChI is InChI=1S/C15H26N4O2.ClH/c1-2-3-5-12(10-16)17-13(20)6-4-7-14-18-15(19-21-14)11-8-9-11;/h11-12H,2-10,16H2,1H3,(H,17,20);1H. The second-order valence-electron chi connectivity index (χ2n) is 5.82. The van der Waals surface area contributed by atoms with Gasteiger partial charge in [0.05, 0.1) is 0 Å². The molecular formula is C15H27ClN4O2. The number of nitrogens with two attached hydrogens (primary N) is 1. The second-order valence-corrected chi connectivity index (χ2v) is 5.82. The van der Waals surface area contributed by atoms with Gasteiger partial charge >= 0.3 is 0 Å².